The van der Waals surface area contributed by atoms with Gasteiger partial charge < -0.3 is 10.8 Å². The molecule has 6 heteroatoms. The molecule has 0 saturated heterocycles. The molecule has 2 aromatic heterocycles. The van der Waals surface area contributed by atoms with Crippen molar-refractivity contribution in [2.75, 3.05) is 5.73 Å². The van der Waals surface area contributed by atoms with Crippen molar-refractivity contribution in [3.05, 3.63) is 42.5 Å². The van der Waals surface area contributed by atoms with Crippen LogP contribution in [-0.4, -0.2) is 20.3 Å². The van der Waals surface area contributed by atoms with Crippen molar-refractivity contribution >= 4 is 16.6 Å². The zero-order chi connectivity index (χ0) is 13.4. The molecule has 0 aliphatic heterocycles. The summed E-state index contributed by atoms with van der Waals surface area (Å²) in [7, 11) is 0. The van der Waals surface area contributed by atoms with Gasteiger partial charge >= 0.3 is 0 Å². The third-order valence-corrected chi connectivity index (χ3v) is 2.82. The van der Waals surface area contributed by atoms with Gasteiger partial charge in [-0.3, -0.25) is 4.98 Å². The normalized spacial score (nSPS) is 10.8. The van der Waals surface area contributed by atoms with Crippen LogP contribution in [-0.2, 0) is 0 Å². The van der Waals surface area contributed by atoms with Gasteiger partial charge in [0.1, 0.15) is 17.3 Å². The van der Waals surface area contributed by atoms with E-state index in [1.165, 1.54) is 12.1 Å². The highest BCUT2D eigenvalue weighted by atomic mass is 19.1. The van der Waals surface area contributed by atoms with Crippen molar-refractivity contribution in [1.29, 1.82) is 0 Å². The highest BCUT2D eigenvalue weighted by Gasteiger charge is 2.13. The predicted octanol–water partition coefficient (Wildman–Crippen LogP) is 2.12. The number of hydrogen-bond acceptors (Lipinski definition) is 5. The van der Waals surface area contributed by atoms with Gasteiger partial charge in [-0.2, -0.15) is 0 Å². The summed E-state index contributed by atoms with van der Waals surface area (Å²) in [5.41, 5.74) is 6.53. The van der Waals surface area contributed by atoms with E-state index < -0.39 is 5.82 Å². The van der Waals surface area contributed by atoms with Gasteiger partial charge in [0.25, 0.3) is 0 Å². The van der Waals surface area contributed by atoms with Crippen molar-refractivity contribution in [1.82, 2.24) is 15.2 Å². The average Bonchev–Trinajstić information content (AvgIpc) is 2.41. The quantitative estimate of drug-likeness (QED) is 0.696. The maximum absolute atomic E-state index is 13.0. The number of aromatic nitrogens is 3. The lowest BCUT2D eigenvalue weighted by Crippen LogP contribution is -1.98. The molecule has 2 heterocycles. The molecule has 0 spiro atoms. The fourth-order valence-electron chi connectivity index (χ4n) is 1.92. The van der Waals surface area contributed by atoms with Crippen molar-refractivity contribution in [2.24, 2.45) is 0 Å². The number of aromatic hydroxyl groups is 1. The van der Waals surface area contributed by atoms with Crippen LogP contribution >= 0.6 is 0 Å². The van der Waals surface area contributed by atoms with Gasteiger partial charge in [0.2, 0.25) is 0 Å². The Bertz CT molecular complexity index is 776. The Balaban J connectivity index is 2.34. The van der Waals surface area contributed by atoms with Crippen LogP contribution in [0.5, 0.6) is 5.75 Å². The third kappa shape index (κ3) is 1.83. The number of halogens is 1. The Hall–Kier alpha value is -2.76. The number of pyridine rings is 1. The van der Waals surface area contributed by atoms with E-state index in [1.54, 1.807) is 18.5 Å². The molecule has 3 aromatic rings. The summed E-state index contributed by atoms with van der Waals surface area (Å²) in [4.78, 5) is 4.01. The van der Waals surface area contributed by atoms with Gasteiger partial charge in [-0.05, 0) is 18.2 Å². The summed E-state index contributed by atoms with van der Waals surface area (Å²) < 4.78 is 13.0. The average molecular weight is 256 g/mol. The van der Waals surface area contributed by atoms with Crippen LogP contribution in [0.1, 0.15) is 0 Å². The van der Waals surface area contributed by atoms with Gasteiger partial charge in [0, 0.05) is 34.8 Å². The monoisotopic (exact) mass is 256 g/mol. The maximum Gasteiger partial charge on any atom is 0.154 e. The molecule has 0 aliphatic carbocycles. The Labute approximate surface area is 107 Å². The molecule has 3 N–H and O–H groups in total. The fraction of sp³-hybridized carbons (Fsp3) is 0. The molecule has 0 unspecified atom stereocenters. The molecule has 0 aliphatic rings. The largest absolute Gasteiger partial charge is 0.507 e. The van der Waals surface area contributed by atoms with Crippen molar-refractivity contribution in [2.45, 2.75) is 0 Å². The lowest BCUT2D eigenvalue weighted by molar-refractivity contribution is 0.471. The molecule has 0 atom stereocenters. The van der Waals surface area contributed by atoms with Gasteiger partial charge in [-0.1, -0.05) is 0 Å². The molecular weight excluding hydrogens is 247 g/mol. The summed E-state index contributed by atoms with van der Waals surface area (Å²) in [6.45, 7) is 0. The molecule has 1 aromatic carbocycles. The van der Waals surface area contributed by atoms with E-state index in [0.29, 0.717) is 22.0 Å². The second kappa shape index (κ2) is 4.16. The minimum absolute atomic E-state index is 0.204. The molecule has 3 rings (SSSR count). The number of fused-ring (bicyclic) bond motifs is 1. The summed E-state index contributed by atoms with van der Waals surface area (Å²) in [5, 5.41) is 19.0. The van der Waals surface area contributed by atoms with E-state index in [9.17, 15) is 9.50 Å². The fourth-order valence-corrected chi connectivity index (χ4v) is 1.92. The summed E-state index contributed by atoms with van der Waals surface area (Å²) in [5.74, 6) is -0.445. The van der Waals surface area contributed by atoms with E-state index in [4.69, 9.17) is 5.73 Å². The zero-order valence-electron chi connectivity index (χ0n) is 9.71. The van der Waals surface area contributed by atoms with Gasteiger partial charge in [0.15, 0.2) is 5.82 Å². The molecule has 19 heavy (non-hydrogen) atoms. The Morgan fingerprint density at radius 1 is 1.11 bits per heavy atom. The van der Waals surface area contributed by atoms with Crippen LogP contribution in [0.25, 0.3) is 22.0 Å². The molecule has 0 fully saturated rings. The lowest BCUT2D eigenvalue weighted by atomic mass is 10.1. The number of rotatable bonds is 1. The summed E-state index contributed by atoms with van der Waals surface area (Å²) >= 11 is 0. The van der Waals surface area contributed by atoms with Crippen LogP contribution in [0.3, 0.4) is 0 Å². The number of benzene rings is 1. The van der Waals surface area contributed by atoms with Crippen molar-refractivity contribution in [3.8, 4) is 17.0 Å². The van der Waals surface area contributed by atoms with Crippen LogP contribution in [0.15, 0.2) is 36.7 Å². The molecule has 0 saturated carbocycles. The second-order valence-corrected chi connectivity index (χ2v) is 4.02. The Kier molecular flexibility index (Phi) is 2.49. The van der Waals surface area contributed by atoms with Gasteiger partial charge in [0.05, 0.1) is 0 Å². The first kappa shape index (κ1) is 11.3. The SMILES string of the molecule is Nc1nnc(-c2ccc(F)cc2O)c2cnccc12. The van der Waals surface area contributed by atoms with Crippen LogP contribution in [0.2, 0.25) is 0 Å². The van der Waals surface area contributed by atoms with E-state index >= 15 is 0 Å². The molecular formula is C13H9FN4O. The number of phenolic OH excluding ortho intramolecular Hbond substituents is 1. The van der Waals surface area contributed by atoms with Crippen LogP contribution in [0, 0.1) is 5.82 Å². The number of hydrogen-bond donors (Lipinski definition) is 2. The van der Waals surface area contributed by atoms with Gasteiger partial charge in [-0.15, -0.1) is 10.2 Å². The van der Waals surface area contributed by atoms with Gasteiger partial charge in [-0.25, -0.2) is 4.39 Å². The molecule has 5 nitrogen and oxygen atoms in total. The van der Waals surface area contributed by atoms with Crippen LogP contribution in [0.4, 0.5) is 10.2 Å². The zero-order valence-corrected chi connectivity index (χ0v) is 9.71. The molecule has 0 radical (unpaired) electrons. The maximum atomic E-state index is 13.0. The third-order valence-electron chi connectivity index (χ3n) is 2.82. The highest BCUT2D eigenvalue weighted by molar-refractivity contribution is 5.99. The first-order chi connectivity index (χ1) is 9.16. The first-order valence-corrected chi connectivity index (χ1v) is 5.51. The second-order valence-electron chi connectivity index (χ2n) is 4.02. The standard InChI is InChI=1S/C13H9FN4O/c14-7-1-2-9(11(19)5-7)12-10-6-16-4-3-8(10)13(15)18-17-12/h1-6,19H,(H2,15,18). The summed E-state index contributed by atoms with van der Waals surface area (Å²) in [6.07, 6.45) is 3.17. The number of nitrogen functional groups attached to an aromatic ring is 1. The predicted molar refractivity (Wildman–Crippen MR) is 68.8 cm³/mol. The number of nitrogens with two attached hydrogens (primary N) is 1. The van der Waals surface area contributed by atoms with Crippen molar-refractivity contribution < 1.29 is 9.50 Å². The minimum Gasteiger partial charge on any atom is -0.507 e. The molecule has 94 valence electrons. The number of anilines is 1. The molecule has 0 bridgehead atoms. The topological polar surface area (TPSA) is 84.9 Å². The number of phenols is 1. The van der Waals surface area contributed by atoms with E-state index in [1.807, 2.05) is 0 Å². The Morgan fingerprint density at radius 2 is 1.95 bits per heavy atom. The lowest BCUT2D eigenvalue weighted by Gasteiger charge is -2.07. The van der Waals surface area contributed by atoms with E-state index in [2.05, 4.69) is 15.2 Å². The first-order valence-electron chi connectivity index (χ1n) is 5.51. The van der Waals surface area contributed by atoms with E-state index in [-0.39, 0.29) is 11.6 Å². The Morgan fingerprint density at radius 3 is 2.74 bits per heavy atom. The van der Waals surface area contributed by atoms with Crippen LogP contribution < -0.4 is 5.73 Å². The highest BCUT2D eigenvalue weighted by Crippen LogP contribution is 2.33. The smallest absolute Gasteiger partial charge is 0.154 e. The molecule has 0 amide bonds. The summed E-state index contributed by atoms with van der Waals surface area (Å²) in [6, 6.07) is 5.42. The van der Waals surface area contributed by atoms with Crippen molar-refractivity contribution in [3.63, 3.8) is 0 Å². The number of nitrogens with zero attached hydrogens (tertiary/aromatic N) is 3. The minimum atomic E-state index is -0.521. The van der Waals surface area contributed by atoms with E-state index in [0.717, 1.165) is 6.07 Å².